The van der Waals surface area contributed by atoms with Gasteiger partial charge in [-0.15, -0.1) is 0 Å². The van der Waals surface area contributed by atoms with Crippen LogP contribution in [0.4, 0.5) is 0 Å². The van der Waals surface area contributed by atoms with Crippen molar-refractivity contribution in [1.82, 2.24) is 24.3 Å². The van der Waals surface area contributed by atoms with E-state index in [1.165, 1.54) is 42.5 Å². The van der Waals surface area contributed by atoms with Crippen LogP contribution in [-0.2, 0) is 20.0 Å². The van der Waals surface area contributed by atoms with E-state index >= 15 is 0 Å². The third kappa shape index (κ3) is 4.51. The maximum atomic E-state index is 4.95. The highest BCUT2D eigenvalue weighted by Gasteiger charge is 2.28. The molecule has 0 saturated carbocycles. The fraction of sp³-hybridized carbons (Fsp3) is 0.500. The van der Waals surface area contributed by atoms with Crippen LogP contribution in [0.3, 0.4) is 0 Å². The Morgan fingerprint density at radius 2 is 1.90 bits per heavy atom. The van der Waals surface area contributed by atoms with Gasteiger partial charge in [-0.2, -0.15) is 0 Å². The minimum atomic E-state index is 0.388. The standard InChI is InChI=1S/C24H33N5/c1-27(2)16-6-7-17-29(22-14-8-10-19-11-9-15-25-24(19)22)18-23-26-20-12-4-5-13-21(20)28(23)3/h4-5,9,11-13,15,22H,6-8,10,14,16-18H2,1-3H3/t22-/m0/s1. The van der Waals surface area contributed by atoms with Gasteiger partial charge in [-0.1, -0.05) is 18.2 Å². The summed E-state index contributed by atoms with van der Waals surface area (Å²) in [5.41, 5.74) is 4.99. The topological polar surface area (TPSA) is 37.2 Å². The van der Waals surface area contributed by atoms with E-state index in [9.17, 15) is 0 Å². The average molecular weight is 392 g/mol. The van der Waals surface area contributed by atoms with Crippen molar-refractivity contribution < 1.29 is 0 Å². The van der Waals surface area contributed by atoms with Crippen molar-refractivity contribution in [3.8, 4) is 0 Å². The Morgan fingerprint density at radius 1 is 1.07 bits per heavy atom. The van der Waals surface area contributed by atoms with E-state index < -0.39 is 0 Å². The molecule has 3 aromatic rings. The maximum absolute atomic E-state index is 4.95. The first-order chi connectivity index (χ1) is 14.1. The molecule has 0 bridgehead atoms. The van der Waals surface area contributed by atoms with Crippen molar-refractivity contribution in [2.75, 3.05) is 27.2 Å². The number of aromatic nitrogens is 3. The van der Waals surface area contributed by atoms with Crippen LogP contribution < -0.4 is 0 Å². The summed E-state index contributed by atoms with van der Waals surface area (Å²) in [6.45, 7) is 3.09. The third-order valence-corrected chi connectivity index (χ3v) is 6.13. The van der Waals surface area contributed by atoms with Crippen molar-refractivity contribution in [2.45, 2.75) is 44.7 Å². The van der Waals surface area contributed by atoms with E-state index in [-0.39, 0.29) is 0 Å². The van der Waals surface area contributed by atoms with E-state index in [1.54, 1.807) is 0 Å². The van der Waals surface area contributed by atoms with Gasteiger partial charge in [0.05, 0.1) is 29.3 Å². The molecular formula is C24H33N5. The van der Waals surface area contributed by atoms with E-state index in [4.69, 9.17) is 9.97 Å². The van der Waals surface area contributed by atoms with Crippen molar-refractivity contribution in [1.29, 1.82) is 0 Å². The summed E-state index contributed by atoms with van der Waals surface area (Å²) >= 11 is 0. The number of hydrogen-bond acceptors (Lipinski definition) is 4. The fourth-order valence-corrected chi connectivity index (χ4v) is 4.55. The monoisotopic (exact) mass is 391 g/mol. The van der Waals surface area contributed by atoms with E-state index in [0.717, 1.165) is 37.4 Å². The predicted molar refractivity (Wildman–Crippen MR) is 119 cm³/mol. The first-order valence-electron chi connectivity index (χ1n) is 10.9. The van der Waals surface area contributed by atoms with Crippen LogP contribution in [0.1, 0.15) is 48.8 Å². The number of unbranched alkanes of at least 4 members (excludes halogenated alkanes) is 1. The highest BCUT2D eigenvalue weighted by atomic mass is 15.2. The van der Waals surface area contributed by atoms with Crippen LogP contribution in [0.5, 0.6) is 0 Å². The summed E-state index contributed by atoms with van der Waals surface area (Å²) in [6.07, 6.45) is 7.94. The highest BCUT2D eigenvalue weighted by molar-refractivity contribution is 5.75. The number of imidazole rings is 1. The smallest absolute Gasteiger partial charge is 0.123 e. The summed E-state index contributed by atoms with van der Waals surface area (Å²) in [7, 11) is 6.44. The van der Waals surface area contributed by atoms with Gasteiger partial charge in [0.25, 0.3) is 0 Å². The zero-order chi connectivity index (χ0) is 20.2. The van der Waals surface area contributed by atoms with Crippen molar-refractivity contribution in [2.24, 2.45) is 7.05 Å². The summed E-state index contributed by atoms with van der Waals surface area (Å²) < 4.78 is 2.25. The largest absolute Gasteiger partial charge is 0.330 e. The molecule has 154 valence electrons. The molecule has 1 aliphatic carbocycles. The van der Waals surface area contributed by atoms with Crippen LogP contribution in [0.25, 0.3) is 11.0 Å². The number of aryl methyl sites for hydroxylation is 2. The van der Waals surface area contributed by atoms with Gasteiger partial charge in [-0.25, -0.2) is 4.98 Å². The Hall–Kier alpha value is -2.24. The molecule has 0 unspecified atom stereocenters. The van der Waals surface area contributed by atoms with Crippen molar-refractivity contribution in [3.63, 3.8) is 0 Å². The van der Waals surface area contributed by atoms with Gasteiger partial charge in [-0.05, 0) is 83.1 Å². The number of benzene rings is 1. The second-order valence-corrected chi connectivity index (χ2v) is 8.51. The van der Waals surface area contributed by atoms with Gasteiger partial charge in [0.15, 0.2) is 0 Å². The first-order valence-corrected chi connectivity index (χ1v) is 10.9. The third-order valence-electron chi connectivity index (χ3n) is 6.13. The molecular weight excluding hydrogens is 358 g/mol. The molecule has 1 aliphatic rings. The summed E-state index contributed by atoms with van der Waals surface area (Å²) in [4.78, 5) is 14.7. The van der Waals surface area contributed by atoms with E-state index in [1.807, 2.05) is 6.20 Å². The molecule has 4 rings (SSSR count). The van der Waals surface area contributed by atoms with Crippen LogP contribution in [-0.4, -0.2) is 51.5 Å². The van der Waals surface area contributed by atoms with Gasteiger partial charge in [0.1, 0.15) is 5.82 Å². The number of para-hydroxylation sites is 2. The molecule has 2 aromatic heterocycles. The zero-order valence-corrected chi connectivity index (χ0v) is 18.0. The number of pyridine rings is 1. The summed E-state index contributed by atoms with van der Waals surface area (Å²) in [5.74, 6) is 1.14. The first kappa shape index (κ1) is 20.0. The Balaban J connectivity index is 1.59. The fourth-order valence-electron chi connectivity index (χ4n) is 4.55. The van der Waals surface area contributed by atoms with Gasteiger partial charge < -0.3 is 9.47 Å². The highest BCUT2D eigenvalue weighted by Crippen LogP contribution is 2.34. The van der Waals surface area contributed by atoms with Crippen LogP contribution in [0.2, 0.25) is 0 Å². The molecule has 1 aromatic carbocycles. The summed E-state index contributed by atoms with van der Waals surface area (Å²) in [5, 5.41) is 0. The number of fused-ring (bicyclic) bond motifs is 2. The van der Waals surface area contributed by atoms with Gasteiger partial charge in [0, 0.05) is 13.2 Å². The summed E-state index contributed by atoms with van der Waals surface area (Å²) in [6, 6.07) is 13.1. The second kappa shape index (κ2) is 9.06. The molecule has 2 heterocycles. The molecule has 29 heavy (non-hydrogen) atoms. The lowest BCUT2D eigenvalue weighted by molar-refractivity contribution is 0.156. The van der Waals surface area contributed by atoms with Crippen LogP contribution in [0.15, 0.2) is 42.6 Å². The quantitative estimate of drug-likeness (QED) is 0.540. The van der Waals surface area contributed by atoms with Gasteiger partial charge in [-0.3, -0.25) is 9.88 Å². The Morgan fingerprint density at radius 3 is 2.72 bits per heavy atom. The normalized spacial score (nSPS) is 16.7. The van der Waals surface area contributed by atoms with Crippen LogP contribution >= 0.6 is 0 Å². The second-order valence-electron chi connectivity index (χ2n) is 8.51. The molecule has 5 nitrogen and oxygen atoms in total. The number of rotatable bonds is 8. The SMILES string of the molecule is CN(C)CCCCN(Cc1nc2ccccc2n1C)[C@H]1CCCc2cccnc21. The lowest BCUT2D eigenvalue weighted by atomic mass is 9.90. The minimum absolute atomic E-state index is 0.388. The Bertz CT molecular complexity index is 945. The number of hydrogen-bond donors (Lipinski definition) is 0. The van der Waals surface area contributed by atoms with Crippen LogP contribution in [0, 0.1) is 0 Å². The predicted octanol–water partition coefficient (Wildman–Crippen LogP) is 4.19. The molecule has 0 N–H and O–H groups in total. The lowest BCUT2D eigenvalue weighted by Gasteiger charge is -2.35. The Labute approximate surface area is 174 Å². The zero-order valence-electron chi connectivity index (χ0n) is 18.0. The lowest BCUT2D eigenvalue weighted by Crippen LogP contribution is -2.33. The maximum Gasteiger partial charge on any atom is 0.123 e. The number of nitrogens with zero attached hydrogens (tertiary/aromatic N) is 5. The molecule has 0 spiro atoms. The molecule has 0 saturated heterocycles. The average Bonchev–Trinajstić information content (AvgIpc) is 3.05. The van der Waals surface area contributed by atoms with E-state index in [0.29, 0.717) is 6.04 Å². The molecule has 5 heteroatoms. The minimum Gasteiger partial charge on any atom is -0.330 e. The molecule has 0 amide bonds. The Kier molecular flexibility index (Phi) is 6.26. The van der Waals surface area contributed by atoms with E-state index in [2.05, 4.69) is 71.9 Å². The van der Waals surface area contributed by atoms with Crippen molar-refractivity contribution in [3.05, 3.63) is 59.7 Å². The molecule has 1 atom stereocenters. The molecule has 0 fully saturated rings. The molecule has 0 radical (unpaired) electrons. The molecule has 0 aliphatic heterocycles. The van der Waals surface area contributed by atoms with Gasteiger partial charge in [0.2, 0.25) is 0 Å². The van der Waals surface area contributed by atoms with Crippen molar-refractivity contribution >= 4 is 11.0 Å². The van der Waals surface area contributed by atoms with Gasteiger partial charge >= 0.3 is 0 Å².